The summed E-state index contributed by atoms with van der Waals surface area (Å²) in [5.41, 5.74) is 3.47. The lowest BCUT2D eigenvalue weighted by Gasteiger charge is -2.10. The van der Waals surface area contributed by atoms with E-state index in [1.807, 2.05) is 12.1 Å². The van der Waals surface area contributed by atoms with Crippen LogP contribution in [0.25, 0.3) is 10.8 Å². The van der Waals surface area contributed by atoms with Crippen LogP contribution >= 0.6 is 0 Å². The first-order chi connectivity index (χ1) is 11.6. The zero-order valence-corrected chi connectivity index (χ0v) is 13.4. The van der Waals surface area contributed by atoms with Gasteiger partial charge < -0.3 is 5.32 Å². The summed E-state index contributed by atoms with van der Waals surface area (Å²) in [4.78, 5) is 24.9. The number of anilines is 1. The van der Waals surface area contributed by atoms with Crippen LogP contribution in [0.3, 0.4) is 0 Å². The number of nitrogens with one attached hydrogen (secondary N) is 1. The van der Waals surface area contributed by atoms with Gasteiger partial charge in [-0.15, -0.1) is 0 Å². The SMILES string of the molecule is Cn1nc(C(=O)Nc2ccc3c(c2)CCC3)c2ccccc2c1=O. The van der Waals surface area contributed by atoms with E-state index in [9.17, 15) is 9.59 Å². The maximum absolute atomic E-state index is 12.7. The topological polar surface area (TPSA) is 64.0 Å². The van der Waals surface area contributed by atoms with Crippen molar-refractivity contribution >= 4 is 22.4 Å². The molecule has 1 aromatic heterocycles. The molecule has 0 unspecified atom stereocenters. The van der Waals surface area contributed by atoms with Crippen molar-refractivity contribution in [3.63, 3.8) is 0 Å². The molecule has 1 amide bonds. The van der Waals surface area contributed by atoms with Gasteiger partial charge in [0.15, 0.2) is 5.69 Å². The predicted molar refractivity (Wildman–Crippen MR) is 93.4 cm³/mol. The van der Waals surface area contributed by atoms with Gasteiger partial charge in [-0.3, -0.25) is 9.59 Å². The first kappa shape index (κ1) is 14.6. The molecular weight excluding hydrogens is 302 g/mol. The molecule has 1 heterocycles. The van der Waals surface area contributed by atoms with Gasteiger partial charge in [0, 0.05) is 18.1 Å². The second kappa shape index (κ2) is 5.60. The Morgan fingerprint density at radius 2 is 1.83 bits per heavy atom. The maximum Gasteiger partial charge on any atom is 0.276 e. The minimum atomic E-state index is -0.306. The van der Waals surface area contributed by atoms with E-state index in [0.29, 0.717) is 10.8 Å². The molecule has 0 fully saturated rings. The van der Waals surface area contributed by atoms with Crippen LogP contribution < -0.4 is 10.9 Å². The number of aromatic nitrogens is 2. The molecule has 3 aromatic rings. The average Bonchev–Trinajstić information content (AvgIpc) is 3.06. The number of carbonyl (C=O) groups is 1. The molecule has 1 aliphatic carbocycles. The van der Waals surface area contributed by atoms with Gasteiger partial charge in [-0.05, 0) is 48.6 Å². The van der Waals surface area contributed by atoms with Gasteiger partial charge in [0.25, 0.3) is 11.5 Å². The summed E-state index contributed by atoms with van der Waals surface area (Å²) in [5, 5.41) is 8.13. The second-order valence-corrected chi connectivity index (χ2v) is 6.11. The van der Waals surface area contributed by atoms with Gasteiger partial charge in [-0.25, -0.2) is 4.68 Å². The van der Waals surface area contributed by atoms with Crippen LogP contribution in [0, 0.1) is 0 Å². The average molecular weight is 319 g/mol. The Labute approximate surface area is 138 Å². The van der Waals surface area contributed by atoms with Gasteiger partial charge in [0.05, 0.1) is 5.39 Å². The molecule has 0 saturated carbocycles. The summed E-state index contributed by atoms with van der Waals surface area (Å²) in [6, 6.07) is 13.1. The molecule has 4 rings (SSSR count). The number of fused-ring (bicyclic) bond motifs is 2. The Morgan fingerprint density at radius 3 is 2.67 bits per heavy atom. The van der Waals surface area contributed by atoms with Gasteiger partial charge in [0.1, 0.15) is 0 Å². The molecule has 1 N–H and O–H groups in total. The third-order valence-electron chi connectivity index (χ3n) is 4.53. The Balaban J connectivity index is 1.74. The number of nitrogens with zero attached hydrogens (tertiary/aromatic N) is 2. The molecule has 0 saturated heterocycles. The fourth-order valence-corrected chi connectivity index (χ4v) is 3.31. The molecular formula is C19H17N3O2. The molecule has 5 heteroatoms. The van der Waals surface area contributed by atoms with Crippen LogP contribution in [0.15, 0.2) is 47.3 Å². The smallest absolute Gasteiger partial charge is 0.276 e. The lowest BCUT2D eigenvalue weighted by molar-refractivity contribution is 0.102. The highest BCUT2D eigenvalue weighted by atomic mass is 16.2. The minimum absolute atomic E-state index is 0.209. The molecule has 24 heavy (non-hydrogen) atoms. The van der Waals surface area contributed by atoms with Crippen molar-refractivity contribution in [2.24, 2.45) is 7.05 Å². The summed E-state index contributed by atoms with van der Waals surface area (Å²) >= 11 is 0. The van der Waals surface area contributed by atoms with E-state index in [0.717, 1.165) is 18.5 Å². The monoisotopic (exact) mass is 319 g/mol. The Bertz CT molecular complexity index is 1020. The number of aryl methyl sites for hydroxylation is 3. The molecule has 0 aliphatic heterocycles. The molecule has 120 valence electrons. The van der Waals surface area contributed by atoms with Crippen molar-refractivity contribution in [3.05, 3.63) is 69.6 Å². The zero-order chi connectivity index (χ0) is 16.7. The predicted octanol–water partition coefficient (Wildman–Crippen LogP) is 2.67. The molecule has 1 aliphatic rings. The van der Waals surface area contributed by atoms with Crippen molar-refractivity contribution in [2.45, 2.75) is 19.3 Å². The summed E-state index contributed by atoms with van der Waals surface area (Å²) in [7, 11) is 1.56. The summed E-state index contributed by atoms with van der Waals surface area (Å²) < 4.78 is 1.21. The zero-order valence-electron chi connectivity index (χ0n) is 13.4. The summed E-state index contributed by atoms with van der Waals surface area (Å²) in [5.74, 6) is -0.306. The van der Waals surface area contributed by atoms with E-state index in [2.05, 4.69) is 16.5 Å². The van der Waals surface area contributed by atoms with Crippen LogP contribution in [-0.4, -0.2) is 15.7 Å². The van der Waals surface area contributed by atoms with Gasteiger partial charge in [-0.2, -0.15) is 5.10 Å². The third-order valence-corrected chi connectivity index (χ3v) is 4.53. The summed E-state index contributed by atoms with van der Waals surface area (Å²) in [6.07, 6.45) is 3.33. The number of rotatable bonds is 2. The van der Waals surface area contributed by atoms with Crippen LogP contribution in [0.2, 0.25) is 0 Å². The van der Waals surface area contributed by atoms with E-state index < -0.39 is 0 Å². The molecule has 0 atom stereocenters. The van der Waals surface area contributed by atoms with E-state index in [1.165, 1.54) is 22.2 Å². The quantitative estimate of drug-likeness (QED) is 0.790. The van der Waals surface area contributed by atoms with Crippen LogP contribution in [0.5, 0.6) is 0 Å². The van der Waals surface area contributed by atoms with Crippen LogP contribution in [0.1, 0.15) is 28.0 Å². The van der Waals surface area contributed by atoms with Crippen molar-refractivity contribution in [3.8, 4) is 0 Å². The number of hydrogen-bond donors (Lipinski definition) is 1. The van der Waals surface area contributed by atoms with Crippen molar-refractivity contribution < 1.29 is 4.79 Å². The summed E-state index contributed by atoms with van der Waals surface area (Å²) in [6.45, 7) is 0. The van der Waals surface area contributed by atoms with E-state index >= 15 is 0 Å². The minimum Gasteiger partial charge on any atom is -0.321 e. The molecule has 0 radical (unpaired) electrons. The normalized spacial score (nSPS) is 13.0. The van der Waals surface area contributed by atoms with E-state index in [-0.39, 0.29) is 17.2 Å². The van der Waals surface area contributed by atoms with Gasteiger partial charge in [-0.1, -0.05) is 24.3 Å². The Morgan fingerprint density at radius 1 is 1.08 bits per heavy atom. The number of hydrogen-bond acceptors (Lipinski definition) is 3. The fraction of sp³-hybridized carbons (Fsp3) is 0.211. The Kier molecular flexibility index (Phi) is 3.41. The van der Waals surface area contributed by atoms with Gasteiger partial charge >= 0.3 is 0 Å². The van der Waals surface area contributed by atoms with E-state index in [4.69, 9.17) is 0 Å². The fourth-order valence-electron chi connectivity index (χ4n) is 3.31. The first-order valence-electron chi connectivity index (χ1n) is 8.03. The lowest BCUT2D eigenvalue weighted by atomic mass is 10.1. The largest absolute Gasteiger partial charge is 0.321 e. The van der Waals surface area contributed by atoms with Gasteiger partial charge in [0.2, 0.25) is 0 Å². The number of amides is 1. The van der Waals surface area contributed by atoms with Crippen molar-refractivity contribution in [1.82, 2.24) is 9.78 Å². The first-order valence-corrected chi connectivity index (χ1v) is 8.03. The molecule has 0 spiro atoms. The molecule has 5 nitrogen and oxygen atoms in total. The lowest BCUT2D eigenvalue weighted by Crippen LogP contribution is -2.25. The molecule has 0 bridgehead atoms. The highest BCUT2D eigenvalue weighted by Crippen LogP contribution is 2.25. The highest BCUT2D eigenvalue weighted by Gasteiger charge is 2.17. The standard InChI is InChI=1S/C19H17N3O2/c1-22-19(24)16-8-3-2-7-15(16)17(21-22)18(23)20-14-10-9-12-5-4-6-13(12)11-14/h2-3,7-11H,4-6H2,1H3,(H,20,23). The third kappa shape index (κ3) is 2.38. The number of carbonyl (C=O) groups excluding carboxylic acids is 1. The van der Waals surface area contributed by atoms with Crippen LogP contribution in [0.4, 0.5) is 5.69 Å². The van der Waals surface area contributed by atoms with Crippen molar-refractivity contribution in [2.75, 3.05) is 5.32 Å². The Hall–Kier alpha value is -2.95. The van der Waals surface area contributed by atoms with Crippen LogP contribution in [-0.2, 0) is 19.9 Å². The molecule has 2 aromatic carbocycles. The van der Waals surface area contributed by atoms with Crippen molar-refractivity contribution in [1.29, 1.82) is 0 Å². The maximum atomic E-state index is 12.7. The number of benzene rings is 2. The highest BCUT2D eigenvalue weighted by molar-refractivity contribution is 6.11. The second-order valence-electron chi connectivity index (χ2n) is 6.11. The van der Waals surface area contributed by atoms with E-state index in [1.54, 1.807) is 31.3 Å².